The van der Waals surface area contributed by atoms with Gasteiger partial charge in [0, 0.05) is 22.4 Å². The van der Waals surface area contributed by atoms with Gasteiger partial charge in [0.1, 0.15) is 0 Å². The maximum absolute atomic E-state index is 13.0. The molecule has 4 rings (SSSR count). The number of ketones is 2. The van der Waals surface area contributed by atoms with E-state index in [4.69, 9.17) is 11.5 Å². The van der Waals surface area contributed by atoms with E-state index in [9.17, 15) is 9.59 Å². The van der Waals surface area contributed by atoms with Crippen LogP contribution in [0.5, 0.6) is 0 Å². The van der Waals surface area contributed by atoms with Crippen LogP contribution in [0.25, 0.3) is 11.1 Å². The van der Waals surface area contributed by atoms with E-state index in [1.54, 1.807) is 30.3 Å². The van der Waals surface area contributed by atoms with Crippen LogP contribution in [0.15, 0.2) is 54.6 Å². The minimum absolute atomic E-state index is 0.206. The van der Waals surface area contributed by atoms with Crippen LogP contribution in [0.2, 0.25) is 0 Å². The van der Waals surface area contributed by atoms with Gasteiger partial charge in [-0.05, 0) is 18.6 Å². The van der Waals surface area contributed by atoms with Crippen molar-refractivity contribution in [3.63, 3.8) is 0 Å². The van der Waals surface area contributed by atoms with Gasteiger partial charge in [-0.1, -0.05) is 54.1 Å². The second kappa shape index (κ2) is 5.31. The summed E-state index contributed by atoms with van der Waals surface area (Å²) < 4.78 is 0. The number of nitrogens with two attached hydrogens (primary N) is 2. The molecule has 0 saturated carbocycles. The molecule has 0 aliphatic heterocycles. The third-order valence-corrected chi connectivity index (χ3v) is 4.63. The van der Waals surface area contributed by atoms with Crippen molar-refractivity contribution in [2.24, 2.45) is 0 Å². The number of hydrogen-bond donors (Lipinski definition) is 2. The van der Waals surface area contributed by atoms with Crippen LogP contribution < -0.4 is 11.5 Å². The highest BCUT2D eigenvalue weighted by atomic mass is 16.1. The summed E-state index contributed by atoms with van der Waals surface area (Å²) in [5.74, 6) is -0.520. The van der Waals surface area contributed by atoms with E-state index in [-0.39, 0.29) is 28.4 Å². The highest BCUT2D eigenvalue weighted by molar-refractivity contribution is 6.32. The number of carbonyl (C=O) groups is 2. The van der Waals surface area contributed by atoms with Crippen LogP contribution in [0.4, 0.5) is 11.4 Å². The zero-order valence-corrected chi connectivity index (χ0v) is 13.7. The van der Waals surface area contributed by atoms with Crippen molar-refractivity contribution in [2.45, 2.75) is 6.92 Å². The van der Waals surface area contributed by atoms with E-state index in [2.05, 4.69) is 0 Å². The van der Waals surface area contributed by atoms with Gasteiger partial charge < -0.3 is 11.5 Å². The van der Waals surface area contributed by atoms with E-state index in [1.807, 2.05) is 31.2 Å². The zero-order chi connectivity index (χ0) is 17.7. The summed E-state index contributed by atoms with van der Waals surface area (Å²) in [7, 11) is 0. The Morgan fingerprint density at radius 2 is 1.28 bits per heavy atom. The predicted molar refractivity (Wildman–Crippen MR) is 98.7 cm³/mol. The third-order valence-electron chi connectivity index (χ3n) is 4.63. The molecule has 0 spiro atoms. The standard InChI is InChI=1S/C21H16N2O2/c1-11-6-8-12(9-7-11)15-10-16(22)17-18(19(15)23)21(25)14-5-3-2-4-13(14)20(17)24/h2-10H,22-23H2,1H3. The Balaban J connectivity index is 2.01. The van der Waals surface area contributed by atoms with Crippen LogP contribution in [0.3, 0.4) is 0 Å². The van der Waals surface area contributed by atoms with Gasteiger partial charge in [-0.25, -0.2) is 0 Å². The lowest BCUT2D eigenvalue weighted by molar-refractivity contribution is 0.0980. The summed E-state index contributed by atoms with van der Waals surface area (Å²) in [4.78, 5) is 25.8. The fourth-order valence-electron chi connectivity index (χ4n) is 3.32. The van der Waals surface area contributed by atoms with Gasteiger partial charge in [-0.15, -0.1) is 0 Å². The average Bonchev–Trinajstić information content (AvgIpc) is 2.62. The van der Waals surface area contributed by atoms with Crippen LogP contribution in [-0.2, 0) is 0 Å². The fraction of sp³-hybridized carbons (Fsp3) is 0.0476. The molecule has 3 aromatic rings. The van der Waals surface area contributed by atoms with Gasteiger partial charge in [0.15, 0.2) is 11.6 Å². The number of aryl methyl sites for hydroxylation is 1. The summed E-state index contributed by atoms with van der Waals surface area (Å²) in [5.41, 5.74) is 16.8. The maximum atomic E-state index is 13.0. The fourth-order valence-corrected chi connectivity index (χ4v) is 3.32. The summed E-state index contributed by atoms with van der Waals surface area (Å²) in [6, 6.07) is 16.2. The van der Waals surface area contributed by atoms with Gasteiger partial charge in [-0.2, -0.15) is 0 Å². The number of rotatable bonds is 1. The topological polar surface area (TPSA) is 86.2 Å². The molecule has 4 heteroatoms. The van der Waals surface area contributed by atoms with Crippen LogP contribution in [0, 0.1) is 6.92 Å². The molecule has 1 aliphatic carbocycles. The minimum atomic E-state index is -0.261. The highest BCUT2D eigenvalue weighted by Gasteiger charge is 2.34. The van der Waals surface area contributed by atoms with Gasteiger partial charge in [0.2, 0.25) is 0 Å². The molecular formula is C21H16N2O2. The number of anilines is 2. The molecule has 0 saturated heterocycles. The van der Waals surface area contributed by atoms with Crippen LogP contribution >= 0.6 is 0 Å². The lowest BCUT2D eigenvalue weighted by Crippen LogP contribution is -2.24. The molecule has 0 amide bonds. The first-order valence-electron chi connectivity index (χ1n) is 7.96. The first kappa shape index (κ1) is 15.1. The van der Waals surface area contributed by atoms with Crippen molar-refractivity contribution in [1.82, 2.24) is 0 Å². The van der Waals surface area contributed by atoms with Crippen molar-refractivity contribution in [2.75, 3.05) is 11.5 Å². The SMILES string of the molecule is Cc1ccc(-c2cc(N)c3c(c2N)C(=O)c2ccccc2C3=O)cc1. The molecular weight excluding hydrogens is 312 g/mol. The van der Waals surface area contributed by atoms with E-state index >= 15 is 0 Å². The Morgan fingerprint density at radius 3 is 1.88 bits per heavy atom. The molecule has 122 valence electrons. The van der Waals surface area contributed by atoms with Gasteiger partial charge >= 0.3 is 0 Å². The summed E-state index contributed by atoms with van der Waals surface area (Å²) in [6.07, 6.45) is 0. The first-order valence-corrected chi connectivity index (χ1v) is 7.96. The van der Waals surface area contributed by atoms with Crippen molar-refractivity contribution in [3.05, 3.63) is 82.4 Å². The maximum Gasteiger partial charge on any atom is 0.196 e. The third kappa shape index (κ3) is 2.15. The molecule has 0 atom stereocenters. The number of carbonyl (C=O) groups excluding carboxylic acids is 2. The molecule has 25 heavy (non-hydrogen) atoms. The molecule has 4 nitrogen and oxygen atoms in total. The Labute approximate surface area is 145 Å². The van der Waals surface area contributed by atoms with Crippen molar-refractivity contribution >= 4 is 22.9 Å². The van der Waals surface area contributed by atoms with Gasteiger partial charge in [0.05, 0.1) is 16.8 Å². The molecule has 0 heterocycles. The van der Waals surface area contributed by atoms with Crippen molar-refractivity contribution in [1.29, 1.82) is 0 Å². The molecule has 0 unspecified atom stereocenters. The molecule has 1 aliphatic rings. The quantitative estimate of drug-likeness (QED) is 0.523. The average molecular weight is 328 g/mol. The smallest absolute Gasteiger partial charge is 0.196 e. The summed E-state index contributed by atoms with van der Waals surface area (Å²) in [5, 5.41) is 0. The summed E-state index contributed by atoms with van der Waals surface area (Å²) in [6.45, 7) is 1.99. The number of hydrogen-bond acceptors (Lipinski definition) is 4. The van der Waals surface area contributed by atoms with Gasteiger partial charge in [-0.3, -0.25) is 9.59 Å². The van der Waals surface area contributed by atoms with E-state index in [0.29, 0.717) is 22.4 Å². The largest absolute Gasteiger partial charge is 0.398 e. The Kier molecular flexibility index (Phi) is 3.22. The normalized spacial score (nSPS) is 12.7. The minimum Gasteiger partial charge on any atom is -0.398 e. The Bertz CT molecular complexity index is 1050. The van der Waals surface area contributed by atoms with Crippen LogP contribution in [-0.4, -0.2) is 11.6 Å². The van der Waals surface area contributed by atoms with Gasteiger partial charge in [0.25, 0.3) is 0 Å². The molecule has 4 N–H and O–H groups in total. The summed E-state index contributed by atoms with van der Waals surface area (Å²) >= 11 is 0. The highest BCUT2D eigenvalue weighted by Crippen LogP contribution is 2.40. The molecule has 3 aromatic carbocycles. The Hall–Kier alpha value is -3.40. The van der Waals surface area contributed by atoms with E-state index in [1.165, 1.54) is 0 Å². The van der Waals surface area contributed by atoms with E-state index < -0.39 is 0 Å². The lowest BCUT2D eigenvalue weighted by atomic mass is 9.80. The number of benzene rings is 3. The Morgan fingerprint density at radius 1 is 0.720 bits per heavy atom. The van der Waals surface area contributed by atoms with E-state index in [0.717, 1.165) is 11.1 Å². The second-order valence-electron chi connectivity index (χ2n) is 6.25. The monoisotopic (exact) mass is 328 g/mol. The van der Waals surface area contributed by atoms with Crippen LogP contribution in [0.1, 0.15) is 37.4 Å². The molecule has 0 aromatic heterocycles. The number of nitrogen functional groups attached to an aromatic ring is 2. The number of fused-ring (bicyclic) bond motifs is 2. The van der Waals surface area contributed by atoms with Crippen molar-refractivity contribution in [3.8, 4) is 11.1 Å². The molecule has 0 bridgehead atoms. The lowest BCUT2D eigenvalue weighted by Gasteiger charge is -2.22. The molecule has 0 fully saturated rings. The molecule has 0 radical (unpaired) electrons. The first-order chi connectivity index (χ1) is 12.0. The predicted octanol–water partition coefficient (Wildman–Crippen LogP) is 3.60. The second-order valence-corrected chi connectivity index (χ2v) is 6.25. The zero-order valence-electron chi connectivity index (χ0n) is 13.7. The van der Waals surface area contributed by atoms with Crippen molar-refractivity contribution < 1.29 is 9.59 Å².